The number of ether oxygens (including phenoxy) is 1. The van der Waals surface area contributed by atoms with Crippen molar-refractivity contribution >= 4 is 33.5 Å². The smallest absolute Gasteiger partial charge is 0.340 e. The molecule has 4 nitrogen and oxygen atoms in total. The molecule has 0 spiro atoms. The van der Waals surface area contributed by atoms with Gasteiger partial charge < -0.3 is 10.1 Å². The van der Waals surface area contributed by atoms with Crippen LogP contribution in [-0.4, -0.2) is 22.8 Å². The molecule has 0 heterocycles. The van der Waals surface area contributed by atoms with Crippen molar-refractivity contribution in [3.8, 4) is 0 Å². The fraction of sp³-hybridized carbons (Fsp3) is 0.385. The molecule has 1 rings (SSSR count). The summed E-state index contributed by atoms with van der Waals surface area (Å²) in [7, 11) is 0. The number of hydrogen-bond donors (Lipinski definition) is 1. The molecule has 0 saturated carbocycles. The monoisotopic (exact) mass is 313 g/mol. The zero-order valence-electron chi connectivity index (χ0n) is 10.6. The Kier molecular flexibility index (Phi) is 4.90. The van der Waals surface area contributed by atoms with Gasteiger partial charge in [-0.25, -0.2) is 4.79 Å². The highest BCUT2D eigenvalue weighted by Gasteiger charge is 2.20. The minimum atomic E-state index is -0.566. The SMILES string of the molecule is CC(C)(C)OC(=O)c1ccccc1NC(=O)CBr. The Labute approximate surface area is 115 Å². The second kappa shape index (κ2) is 6.00. The van der Waals surface area contributed by atoms with Crippen molar-refractivity contribution in [3.05, 3.63) is 29.8 Å². The molecule has 0 unspecified atom stereocenters. The third kappa shape index (κ3) is 4.49. The molecule has 0 aliphatic carbocycles. The van der Waals surface area contributed by atoms with Gasteiger partial charge in [0, 0.05) is 0 Å². The molecule has 1 amide bonds. The molecule has 0 aromatic heterocycles. The summed E-state index contributed by atoms with van der Waals surface area (Å²) >= 11 is 3.05. The molecule has 1 N–H and O–H groups in total. The van der Waals surface area contributed by atoms with Gasteiger partial charge in [0.2, 0.25) is 5.91 Å². The highest BCUT2D eigenvalue weighted by molar-refractivity contribution is 9.09. The van der Waals surface area contributed by atoms with Gasteiger partial charge in [-0.1, -0.05) is 28.1 Å². The van der Waals surface area contributed by atoms with Gasteiger partial charge >= 0.3 is 5.97 Å². The summed E-state index contributed by atoms with van der Waals surface area (Å²) in [4.78, 5) is 23.3. The first-order valence-electron chi connectivity index (χ1n) is 5.51. The summed E-state index contributed by atoms with van der Waals surface area (Å²) in [6.07, 6.45) is 0. The number of carbonyl (C=O) groups is 2. The van der Waals surface area contributed by atoms with Crippen LogP contribution in [-0.2, 0) is 9.53 Å². The van der Waals surface area contributed by atoms with Gasteiger partial charge in [0.05, 0.1) is 16.6 Å². The lowest BCUT2D eigenvalue weighted by molar-refractivity contribution is -0.113. The van der Waals surface area contributed by atoms with E-state index in [0.717, 1.165) is 0 Å². The van der Waals surface area contributed by atoms with E-state index in [1.165, 1.54) is 0 Å². The molecule has 18 heavy (non-hydrogen) atoms. The van der Waals surface area contributed by atoms with Crippen LogP contribution in [0.25, 0.3) is 0 Å². The molecule has 5 heteroatoms. The average molecular weight is 314 g/mol. The fourth-order valence-electron chi connectivity index (χ4n) is 1.29. The van der Waals surface area contributed by atoms with Crippen LogP contribution < -0.4 is 5.32 Å². The number of esters is 1. The summed E-state index contributed by atoms with van der Waals surface area (Å²) in [6, 6.07) is 6.76. The number of para-hydroxylation sites is 1. The van der Waals surface area contributed by atoms with Crippen molar-refractivity contribution in [1.82, 2.24) is 0 Å². The first kappa shape index (κ1) is 14.7. The van der Waals surface area contributed by atoms with Crippen LogP contribution in [0.4, 0.5) is 5.69 Å². The molecular weight excluding hydrogens is 298 g/mol. The van der Waals surface area contributed by atoms with Crippen molar-refractivity contribution in [2.75, 3.05) is 10.6 Å². The quantitative estimate of drug-likeness (QED) is 0.689. The standard InChI is InChI=1S/C13H16BrNO3/c1-13(2,3)18-12(17)9-6-4-5-7-10(9)15-11(16)8-14/h4-7H,8H2,1-3H3,(H,15,16). The summed E-state index contributed by atoms with van der Waals surface area (Å²) in [5, 5.41) is 2.82. The molecule has 0 fully saturated rings. The lowest BCUT2D eigenvalue weighted by atomic mass is 10.1. The summed E-state index contributed by atoms with van der Waals surface area (Å²) in [6.45, 7) is 5.39. The molecule has 0 bridgehead atoms. The van der Waals surface area contributed by atoms with E-state index in [0.29, 0.717) is 11.3 Å². The topological polar surface area (TPSA) is 55.4 Å². The van der Waals surface area contributed by atoms with E-state index in [-0.39, 0.29) is 11.2 Å². The molecular formula is C13H16BrNO3. The predicted octanol–water partition coefficient (Wildman–Crippen LogP) is 2.98. The number of benzene rings is 1. The van der Waals surface area contributed by atoms with E-state index >= 15 is 0 Å². The molecule has 98 valence electrons. The van der Waals surface area contributed by atoms with E-state index < -0.39 is 11.6 Å². The lowest BCUT2D eigenvalue weighted by Crippen LogP contribution is -2.25. The van der Waals surface area contributed by atoms with E-state index in [1.807, 2.05) is 0 Å². The maximum Gasteiger partial charge on any atom is 0.340 e. The highest BCUT2D eigenvalue weighted by Crippen LogP contribution is 2.19. The minimum absolute atomic E-state index is 0.176. The maximum absolute atomic E-state index is 12.0. The predicted molar refractivity (Wildman–Crippen MR) is 74.0 cm³/mol. The zero-order chi connectivity index (χ0) is 13.8. The average Bonchev–Trinajstić information content (AvgIpc) is 2.27. The van der Waals surface area contributed by atoms with Gasteiger partial charge in [-0.15, -0.1) is 0 Å². The fourth-order valence-corrected chi connectivity index (χ4v) is 1.43. The molecule has 0 aliphatic rings. The van der Waals surface area contributed by atoms with Crippen LogP contribution in [0.15, 0.2) is 24.3 Å². The van der Waals surface area contributed by atoms with E-state index in [9.17, 15) is 9.59 Å². The number of rotatable bonds is 3. The number of nitrogens with one attached hydrogen (secondary N) is 1. The molecule has 0 aliphatic heterocycles. The Morgan fingerprint density at radius 1 is 1.28 bits per heavy atom. The van der Waals surface area contributed by atoms with Crippen LogP contribution in [0.1, 0.15) is 31.1 Å². The number of hydrogen-bond acceptors (Lipinski definition) is 3. The lowest BCUT2D eigenvalue weighted by Gasteiger charge is -2.20. The molecule has 0 atom stereocenters. The largest absolute Gasteiger partial charge is 0.456 e. The number of amides is 1. The zero-order valence-corrected chi connectivity index (χ0v) is 12.2. The van der Waals surface area contributed by atoms with Gasteiger partial charge in [-0.05, 0) is 32.9 Å². The number of carbonyl (C=O) groups excluding carboxylic acids is 2. The van der Waals surface area contributed by atoms with Gasteiger partial charge in [0.25, 0.3) is 0 Å². The molecule has 0 radical (unpaired) electrons. The van der Waals surface area contributed by atoms with Crippen LogP contribution >= 0.6 is 15.9 Å². The number of halogens is 1. The van der Waals surface area contributed by atoms with Gasteiger partial charge in [-0.2, -0.15) is 0 Å². The maximum atomic E-state index is 12.0. The van der Waals surface area contributed by atoms with E-state index in [1.54, 1.807) is 45.0 Å². The Morgan fingerprint density at radius 3 is 2.44 bits per heavy atom. The first-order valence-corrected chi connectivity index (χ1v) is 6.64. The Hall–Kier alpha value is -1.36. The summed E-state index contributed by atoms with van der Waals surface area (Å²) < 4.78 is 5.28. The highest BCUT2D eigenvalue weighted by atomic mass is 79.9. The van der Waals surface area contributed by atoms with Crippen molar-refractivity contribution in [2.45, 2.75) is 26.4 Å². The Bertz CT molecular complexity index is 452. The third-order valence-electron chi connectivity index (χ3n) is 1.94. The Balaban J connectivity index is 2.94. The Morgan fingerprint density at radius 2 is 1.89 bits per heavy atom. The van der Waals surface area contributed by atoms with Crippen molar-refractivity contribution in [2.24, 2.45) is 0 Å². The second-order valence-electron chi connectivity index (χ2n) is 4.73. The van der Waals surface area contributed by atoms with Crippen molar-refractivity contribution in [3.63, 3.8) is 0 Å². The molecule has 1 aromatic carbocycles. The normalized spacial score (nSPS) is 10.9. The molecule has 0 saturated heterocycles. The van der Waals surface area contributed by atoms with Crippen LogP contribution in [0, 0.1) is 0 Å². The molecule has 1 aromatic rings. The van der Waals surface area contributed by atoms with Crippen molar-refractivity contribution < 1.29 is 14.3 Å². The number of anilines is 1. The summed E-state index contributed by atoms with van der Waals surface area (Å²) in [5.41, 5.74) is 0.238. The first-order chi connectivity index (χ1) is 8.33. The van der Waals surface area contributed by atoms with Crippen LogP contribution in [0.3, 0.4) is 0 Å². The van der Waals surface area contributed by atoms with Gasteiger partial charge in [-0.3, -0.25) is 4.79 Å². The van der Waals surface area contributed by atoms with Gasteiger partial charge in [0.15, 0.2) is 0 Å². The number of alkyl halides is 1. The van der Waals surface area contributed by atoms with E-state index in [4.69, 9.17) is 4.74 Å². The van der Waals surface area contributed by atoms with Gasteiger partial charge in [0.1, 0.15) is 5.60 Å². The van der Waals surface area contributed by atoms with E-state index in [2.05, 4.69) is 21.2 Å². The second-order valence-corrected chi connectivity index (χ2v) is 5.29. The van der Waals surface area contributed by atoms with Crippen LogP contribution in [0.5, 0.6) is 0 Å². The van der Waals surface area contributed by atoms with Crippen LogP contribution in [0.2, 0.25) is 0 Å². The minimum Gasteiger partial charge on any atom is -0.456 e. The summed E-state index contributed by atoms with van der Waals surface area (Å²) in [5.74, 6) is -0.668. The third-order valence-corrected chi connectivity index (χ3v) is 2.45. The van der Waals surface area contributed by atoms with Crippen molar-refractivity contribution in [1.29, 1.82) is 0 Å².